The fraction of sp³-hybridized carbons (Fsp3) is 0.800. The van der Waals surface area contributed by atoms with Gasteiger partial charge in [0.05, 0.1) is 18.4 Å². The molecule has 2 saturated heterocycles. The highest BCUT2D eigenvalue weighted by Gasteiger charge is 2.53. The lowest BCUT2D eigenvalue weighted by Gasteiger charge is -2.35. The van der Waals surface area contributed by atoms with Gasteiger partial charge in [0.2, 0.25) is 5.91 Å². The Labute approximate surface area is 148 Å². The Kier molecular flexibility index (Phi) is 5.11. The minimum Gasteiger partial charge on any atom is -0.340 e. The summed E-state index contributed by atoms with van der Waals surface area (Å²) in [6.45, 7) is 2.03. The maximum absolute atomic E-state index is 13.5. The van der Waals surface area contributed by atoms with Crippen molar-refractivity contribution in [1.82, 2.24) is 29.5 Å². The van der Waals surface area contributed by atoms with Crippen LogP contribution in [-0.2, 0) is 18.4 Å². The molecular formula is C15H23F3N6O2. The summed E-state index contributed by atoms with van der Waals surface area (Å²) >= 11 is 0. The van der Waals surface area contributed by atoms with Crippen molar-refractivity contribution in [2.24, 2.45) is 18.9 Å². The van der Waals surface area contributed by atoms with E-state index in [0.717, 1.165) is 4.68 Å². The summed E-state index contributed by atoms with van der Waals surface area (Å²) in [7, 11) is 3.38. The lowest BCUT2D eigenvalue weighted by molar-refractivity contribution is -0.186. The van der Waals surface area contributed by atoms with E-state index in [0.29, 0.717) is 32.0 Å². The number of carbonyl (C=O) groups is 1. The van der Waals surface area contributed by atoms with E-state index < -0.39 is 29.6 Å². The first-order valence-electron chi connectivity index (χ1n) is 8.53. The number of rotatable bonds is 3. The number of aromatic amines is 1. The highest BCUT2D eigenvalue weighted by molar-refractivity contribution is 5.80. The van der Waals surface area contributed by atoms with E-state index in [1.54, 1.807) is 0 Å². The third-order valence-corrected chi connectivity index (χ3v) is 5.14. The molecule has 11 heteroatoms. The molecule has 3 heterocycles. The molecular weight excluding hydrogens is 353 g/mol. The Bertz CT molecular complexity index is 707. The van der Waals surface area contributed by atoms with Crippen LogP contribution in [0.15, 0.2) is 4.79 Å². The summed E-state index contributed by atoms with van der Waals surface area (Å²) in [5, 5.41) is 3.95. The van der Waals surface area contributed by atoms with Crippen LogP contribution in [-0.4, -0.2) is 87.9 Å². The number of halogens is 3. The second-order valence-corrected chi connectivity index (χ2v) is 7.08. The monoisotopic (exact) mass is 376 g/mol. The molecule has 1 aromatic heterocycles. The second-order valence-electron chi connectivity index (χ2n) is 7.08. The molecule has 2 fully saturated rings. The minimum absolute atomic E-state index is 0.00789. The van der Waals surface area contributed by atoms with Gasteiger partial charge in [-0.05, 0) is 7.05 Å². The Morgan fingerprint density at radius 3 is 2.38 bits per heavy atom. The van der Waals surface area contributed by atoms with E-state index in [1.807, 2.05) is 11.9 Å². The quantitative estimate of drug-likeness (QED) is 0.769. The normalized spacial score (nSPS) is 25.8. The lowest BCUT2D eigenvalue weighted by Crippen LogP contribution is -2.51. The van der Waals surface area contributed by atoms with Crippen LogP contribution in [0.2, 0.25) is 0 Å². The molecule has 1 aromatic rings. The average Bonchev–Trinajstić information content (AvgIpc) is 3.11. The van der Waals surface area contributed by atoms with Gasteiger partial charge in [0.25, 0.3) is 0 Å². The van der Waals surface area contributed by atoms with Crippen LogP contribution in [0.3, 0.4) is 0 Å². The number of nitrogens with one attached hydrogen (secondary N) is 1. The number of aryl methyl sites for hydroxylation is 1. The molecule has 8 nitrogen and oxygen atoms in total. The first kappa shape index (κ1) is 18.9. The van der Waals surface area contributed by atoms with Gasteiger partial charge < -0.3 is 9.80 Å². The SMILES string of the molecule is CN1CCN(C(=O)[C@@H]2CN(Cc3nn(C)c(=O)[nH]3)C[C@H]2C(F)(F)F)CC1. The molecule has 146 valence electrons. The standard InChI is InChI=1S/C15H23F3N6O2/c1-21-3-5-24(6-4-21)13(25)10-7-23(8-11(10)15(16,17)18)9-12-19-14(26)22(2)20-12/h10-11H,3-9H2,1-2H3,(H,19,20,26)/t10-,11-/m1/s1. The predicted octanol–water partition coefficient (Wildman–Crippen LogP) is -0.507. The molecule has 0 saturated carbocycles. The Balaban J connectivity index is 1.72. The van der Waals surface area contributed by atoms with Crippen molar-refractivity contribution in [1.29, 1.82) is 0 Å². The van der Waals surface area contributed by atoms with Crippen molar-refractivity contribution in [3.63, 3.8) is 0 Å². The van der Waals surface area contributed by atoms with Crippen molar-refractivity contribution in [2.45, 2.75) is 12.7 Å². The summed E-state index contributed by atoms with van der Waals surface area (Å²) in [6.07, 6.45) is -4.45. The van der Waals surface area contributed by atoms with Gasteiger partial charge >= 0.3 is 11.9 Å². The third kappa shape index (κ3) is 3.93. The van der Waals surface area contributed by atoms with Crippen molar-refractivity contribution in [3.05, 3.63) is 16.3 Å². The second kappa shape index (κ2) is 7.03. The maximum Gasteiger partial charge on any atom is 0.393 e. The zero-order valence-electron chi connectivity index (χ0n) is 14.8. The molecule has 0 bridgehead atoms. The Hall–Kier alpha value is -1.88. The van der Waals surface area contributed by atoms with Crippen molar-refractivity contribution in [2.75, 3.05) is 46.3 Å². The summed E-state index contributed by atoms with van der Waals surface area (Å²) < 4.78 is 41.6. The number of aromatic nitrogens is 3. The smallest absolute Gasteiger partial charge is 0.340 e. The van der Waals surface area contributed by atoms with Crippen molar-refractivity contribution in [3.8, 4) is 0 Å². The van der Waals surface area contributed by atoms with Crippen LogP contribution in [0, 0.1) is 11.8 Å². The van der Waals surface area contributed by atoms with E-state index in [1.165, 1.54) is 16.8 Å². The van der Waals surface area contributed by atoms with Crippen LogP contribution in [0.4, 0.5) is 13.2 Å². The van der Waals surface area contributed by atoms with Gasteiger partial charge in [-0.3, -0.25) is 14.7 Å². The van der Waals surface area contributed by atoms with E-state index in [4.69, 9.17) is 0 Å². The summed E-state index contributed by atoms with van der Waals surface area (Å²) in [5.74, 6) is -2.96. The number of amides is 1. The number of hydrogen-bond acceptors (Lipinski definition) is 5. The van der Waals surface area contributed by atoms with Crippen LogP contribution in [0.25, 0.3) is 0 Å². The van der Waals surface area contributed by atoms with Gasteiger partial charge in [-0.2, -0.15) is 18.3 Å². The summed E-state index contributed by atoms with van der Waals surface area (Å²) in [5.41, 5.74) is -0.420. The zero-order chi connectivity index (χ0) is 19.1. The number of alkyl halides is 3. The molecule has 2 aliphatic rings. The molecule has 3 rings (SSSR count). The molecule has 0 spiro atoms. The van der Waals surface area contributed by atoms with Crippen LogP contribution < -0.4 is 5.69 Å². The number of piperazine rings is 1. The number of carbonyl (C=O) groups excluding carboxylic acids is 1. The van der Waals surface area contributed by atoms with E-state index in [9.17, 15) is 22.8 Å². The number of H-pyrrole nitrogens is 1. The molecule has 2 atom stereocenters. The minimum atomic E-state index is -4.45. The topological polar surface area (TPSA) is 77.5 Å². The van der Waals surface area contributed by atoms with Crippen molar-refractivity contribution < 1.29 is 18.0 Å². The van der Waals surface area contributed by atoms with Gasteiger partial charge in [-0.25, -0.2) is 9.48 Å². The van der Waals surface area contributed by atoms with Crippen LogP contribution in [0.5, 0.6) is 0 Å². The molecule has 0 unspecified atom stereocenters. The molecule has 26 heavy (non-hydrogen) atoms. The maximum atomic E-state index is 13.5. The summed E-state index contributed by atoms with van der Waals surface area (Å²) in [6, 6.07) is 0. The molecule has 0 radical (unpaired) electrons. The van der Waals surface area contributed by atoms with E-state index >= 15 is 0 Å². The first-order chi connectivity index (χ1) is 12.1. The largest absolute Gasteiger partial charge is 0.393 e. The van der Waals surface area contributed by atoms with Crippen molar-refractivity contribution >= 4 is 5.91 Å². The van der Waals surface area contributed by atoms with Crippen LogP contribution in [0.1, 0.15) is 5.82 Å². The highest BCUT2D eigenvalue weighted by atomic mass is 19.4. The van der Waals surface area contributed by atoms with Gasteiger partial charge in [0, 0.05) is 46.3 Å². The highest BCUT2D eigenvalue weighted by Crippen LogP contribution is 2.38. The number of likely N-dealkylation sites (N-methyl/N-ethyl adjacent to an activating group) is 1. The van der Waals surface area contributed by atoms with Gasteiger partial charge in [-0.15, -0.1) is 0 Å². The van der Waals surface area contributed by atoms with Gasteiger partial charge in [-0.1, -0.05) is 0 Å². The van der Waals surface area contributed by atoms with Crippen LogP contribution >= 0.6 is 0 Å². The van der Waals surface area contributed by atoms with Gasteiger partial charge in [0.15, 0.2) is 0 Å². The molecule has 1 amide bonds. The van der Waals surface area contributed by atoms with E-state index in [-0.39, 0.29) is 19.6 Å². The fourth-order valence-corrected chi connectivity index (χ4v) is 3.60. The molecule has 0 aliphatic carbocycles. The zero-order valence-corrected chi connectivity index (χ0v) is 14.8. The Morgan fingerprint density at radius 1 is 1.19 bits per heavy atom. The molecule has 0 aromatic carbocycles. The molecule has 2 aliphatic heterocycles. The lowest BCUT2D eigenvalue weighted by atomic mass is 9.94. The summed E-state index contributed by atoms with van der Waals surface area (Å²) in [4.78, 5) is 31.8. The number of nitrogens with zero attached hydrogens (tertiary/aromatic N) is 5. The fourth-order valence-electron chi connectivity index (χ4n) is 3.60. The third-order valence-electron chi connectivity index (χ3n) is 5.14. The Morgan fingerprint density at radius 2 is 1.85 bits per heavy atom. The number of hydrogen-bond donors (Lipinski definition) is 1. The first-order valence-corrected chi connectivity index (χ1v) is 8.53. The predicted molar refractivity (Wildman–Crippen MR) is 86.2 cm³/mol. The van der Waals surface area contributed by atoms with Gasteiger partial charge in [0.1, 0.15) is 5.82 Å². The average molecular weight is 376 g/mol. The van der Waals surface area contributed by atoms with E-state index in [2.05, 4.69) is 10.1 Å². The molecule has 1 N–H and O–H groups in total. The number of likely N-dealkylation sites (tertiary alicyclic amines) is 1.